The van der Waals surface area contributed by atoms with Crippen LogP contribution in [0.2, 0.25) is 0 Å². The molecule has 2 saturated heterocycles. The Morgan fingerprint density at radius 1 is 1.18 bits per heavy atom. The second kappa shape index (κ2) is 9.80. The van der Waals surface area contributed by atoms with Crippen LogP contribution in [0.15, 0.2) is 0 Å². The molecule has 1 amide bonds. The van der Waals surface area contributed by atoms with E-state index in [4.69, 9.17) is 0 Å². The van der Waals surface area contributed by atoms with Crippen molar-refractivity contribution in [3.05, 3.63) is 0 Å². The molecule has 0 bridgehead atoms. The average Bonchev–Trinajstić information content (AvgIpc) is 2.82. The molecule has 2 aliphatic heterocycles. The highest BCUT2D eigenvalue weighted by molar-refractivity contribution is 5.85. The summed E-state index contributed by atoms with van der Waals surface area (Å²) in [6, 6.07) is 0. The van der Waals surface area contributed by atoms with E-state index in [2.05, 4.69) is 10.6 Å². The number of likely N-dealkylation sites (tertiary alicyclic amines) is 1. The Kier molecular flexibility index (Phi) is 9.69. The maximum absolute atomic E-state index is 12.3. The second-order valence-corrected chi connectivity index (χ2v) is 5.77. The van der Waals surface area contributed by atoms with Gasteiger partial charge in [0, 0.05) is 19.0 Å². The van der Waals surface area contributed by atoms with Gasteiger partial charge in [0.05, 0.1) is 6.54 Å². The number of carbonyl (C=O) groups excluding carboxylic acids is 1. The molecule has 2 fully saturated rings. The quantitative estimate of drug-likeness (QED) is 0.798. The average molecular weight is 366 g/mol. The fourth-order valence-electron chi connectivity index (χ4n) is 2.95. The van der Waals surface area contributed by atoms with Crippen molar-refractivity contribution >= 4 is 30.7 Å². The van der Waals surface area contributed by atoms with E-state index in [1.807, 2.05) is 0 Å². The molecule has 4 nitrogen and oxygen atoms in total. The van der Waals surface area contributed by atoms with Crippen molar-refractivity contribution in [2.75, 3.05) is 39.3 Å². The molecule has 0 aromatic carbocycles. The first-order valence-electron chi connectivity index (χ1n) is 7.21. The number of carbonyl (C=O) groups is 1. The highest BCUT2D eigenvalue weighted by Gasteiger charge is 2.34. The van der Waals surface area contributed by atoms with Crippen LogP contribution in [0.4, 0.5) is 13.2 Å². The molecule has 2 heterocycles. The fourth-order valence-corrected chi connectivity index (χ4v) is 2.95. The zero-order chi connectivity index (χ0) is 14.6. The number of hydrogen-bond acceptors (Lipinski definition) is 3. The van der Waals surface area contributed by atoms with Crippen LogP contribution in [-0.2, 0) is 4.79 Å². The molecule has 22 heavy (non-hydrogen) atoms. The molecule has 1 atom stereocenters. The first-order chi connectivity index (χ1) is 9.44. The molecule has 1 unspecified atom stereocenters. The number of amides is 1. The van der Waals surface area contributed by atoms with E-state index in [9.17, 15) is 18.0 Å². The predicted octanol–water partition coefficient (Wildman–Crippen LogP) is 1.83. The van der Waals surface area contributed by atoms with E-state index < -0.39 is 12.7 Å². The number of hydrogen-bond donors (Lipinski definition) is 2. The summed E-state index contributed by atoms with van der Waals surface area (Å²) in [5.41, 5.74) is 0. The van der Waals surface area contributed by atoms with Crippen molar-refractivity contribution in [1.29, 1.82) is 0 Å². The Balaban J connectivity index is 0.00000220. The molecule has 0 aromatic heterocycles. The van der Waals surface area contributed by atoms with Gasteiger partial charge in [-0.15, -0.1) is 24.8 Å². The number of halogens is 5. The smallest absolute Gasteiger partial charge is 0.356 e. The van der Waals surface area contributed by atoms with Gasteiger partial charge in [-0.1, -0.05) is 0 Å². The summed E-state index contributed by atoms with van der Waals surface area (Å²) in [7, 11) is 0. The van der Waals surface area contributed by atoms with Gasteiger partial charge in [-0.25, -0.2) is 0 Å². The van der Waals surface area contributed by atoms with Gasteiger partial charge in [-0.2, -0.15) is 13.2 Å². The normalized spacial score (nSPS) is 23.5. The standard InChI is InChI=1S/C13H22F3N3O.2ClH/c14-13(15,16)9-19-6-3-10(8-19)7-18-12(20)11-1-4-17-5-2-11;;/h10-11,17H,1-9H2,(H,18,20);2*1H. The molecule has 0 radical (unpaired) electrons. The molecule has 2 aliphatic rings. The molecule has 2 rings (SSSR count). The van der Waals surface area contributed by atoms with Crippen molar-refractivity contribution in [3.63, 3.8) is 0 Å². The summed E-state index contributed by atoms with van der Waals surface area (Å²) < 4.78 is 36.8. The first-order valence-corrected chi connectivity index (χ1v) is 7.21. The topological polar surface area (TPSA) is 44.4 Å². The Hall–Kier alpha value is -0.240. The summed E-state index contributed by atoms with van der Waals surface area (Å²) in [6.45, 7) is 2.27. The largest absolute Gasteiger partial charge is 0.401 e. The minimum absolute atomic E-state index is 0. The van der Waals surface area contributed by atoms with Gasteiger partial charge in [0.2, 0.25) is 5.91 Å². The van der Waals surface area contributed by atoms with E-state index in [-0.39, 0.29) is 42.6 Å². The van der Waals surface area contributed by atoms with Gasteiger partial charge in [0.25, 0.3) is 0 Å². The number of nitrogens with one attached hydrogen (secondary N) is 2. The van der Waals surface area contributed by atoms with Crippen LogP contribution in [0, 0.1) is 11.8 Å². The molecule has 9 heteroatoms. The fraction of sp³-hybridized carbons (Fsp3) is 0.923. The second-order valence-electron chi connectivity index (χ2n) is 5.77. The van der Waals surface area contributed by atoms with E-state index in [0.29, 0.717) is 19.6 Å². The van der Waals surface area contributed by atoms with Gasteiger partial charge in [-0.3, -0.25) is 9.69 Å². The monoisotopic (exact) mass is 365 g/mol. The number of rotatable bonds is 4. The Bertz CT molecular complexity index is 339. The summed E-state index contributed by atoms with van der Waals surface area (Å²) in [5, 5.41) is 6.10. The Morgan fingerprint density at radius 3 is 2.41 bits per heavy atom. The Morgan fingerprint density at radius 2 is 1.82 bits per heavy atom. The first kappa shape index (κ1) is 21.8. The van der Waals surface area contributed by atoms with Crippen molar-refractivity contribution in [2.24, 2.45) is 11.8 Å². The number of piperidine rings is 1. The lowest BCUT2D eigenvalue weighted by Gasteiger charge is -2.23. The van der Waals surface area contributed by atoms with Crippen molar-refractivity contribution in [2.45, 2.75) is 25.4 Å². The van der Waals surface area contributed by atoms with Gasteiger partial charge < -0.3 is 10.6 Å². The van der Waals surface area contributed by atoms with Crippen LogP contribution < -0.4 is 10.6 Å². The van der Waals surface area contributed by atoms with Crippen molar-refractivity contribution in [3.8, 4) is 0 Å². The molecule has 2 N–H and O–H groups in total. The number of nitrogens with zero attached hydrogens (tertiary/aromatic N) is 1. The molecule has 0 spiro atoms. The minimum Gasteiger partial charge on any atom is -0.356 e. The molecule has 0 aliphatic carbocycles. The van der Waals surface area contributed by atoms with E-state index in [1.165, 1.54) is 4.90 Å². The lowest BCUT2D eigenvalue weighted by Crippen LogP contribution is -2.40. The maximum Gasteiger partial charge on any atom is 0.401 e. The van der Waals surface area contributed by atoms with E-state index in [0.717, 1.165) is 32.4 Å². The van der Waals surface area contributed by atoms with Crippen LogP contribution >= 0.6 is 24.8 Å². The maximum atomic E-state index is 12.3. The molecule has 132 valence electrons. The predicted molar refractivity (Wildman–Crippen MR) is 83.7 cm³/mol. The summed E-state index contributed by atoms with van der Waals surface area (Å²) in [5.74, 6) is 0.257. The Labute approximate surface area is 141 Å². The number of alkyl halides is 3. The van der Waals surface area contributed by atoms with E-state index >= 15 is 0 Å². The van der Waals surface area contributed by atoms with Gasteiger partial charge in [0.15, 0.2) is 0 Å². The summed E-state index contributed by atoms with van der Waals surface area (Å²) >= 11 is 0. The van der Waals surface area contributed by atoms with Gasteiger partial charge in [-0.05, 0) is 44.8 Å². The highest BCUT2D eigenvalue weighted by atomic mass is 35.5. The van der Waals surface area contributed by atoms with Crippen molar-refractivity contribution < 1.29 is 18.0 Å². The van der Waals surface area contributed by atoms with Crippen LogP contribution in [-0.4, -0.2) is 56.3 Å². The third-order valence-electron chi connectivity index (χ3n) is 4.05. The van der Waals surface area contributed by atoms with Crippen LogP contribution in [0.3, 0.4) is 0 Å². The summed E-state index contributed by atoms with van der Waals surface area (Å²) in [6.07, 6.45) is -1.72. The van der Waals surface area contributed by atoms with E-state index in [1.54, 1.807) is 0 Å². The summed E-state index contributed by atoms with van der Waals surface area (Å²) in [4.78, 5) is 13.4. The molecule has 0 aromatic rings. The van der Waals surface area contributed by atoms with Crippen molar-refractivity contribution in [1.82, 2.24) is 15.5 Å². The SMILES string of the molecule is Cl.Cl.O=C(NCC1CCN(CC(F)(F)F)C1)C1CCNCC1. The van der Waals surface area contributed by atoms with Crippen LogP contribution in [0.1, 0.15) is 19.3 Å². The van der Waals surface area contributed by atoms with Crippen LogP contribution in [0.25, 0.3) is 0 Å². The van der Waals surface area contributed by atoms with Gasteiger partial charge >= 0.3 is 6.18 Å². The third kappa shape index (κ3) is 7.35. The molecular weight excluding hydrogens is 342 g/mol. The van der Waals surface area contributed by atoms with Gasteiger partial charge in [0.1, 0.15) is 0 Å². The zero-order valence-electron chi connectivity index (χ0n) is 12.3. The minimum atomic E-state index is -4.13. The zero-order valence-corrected chi connectivity index (χ0v) is 14.0. The van der Waals surface area contributed by atoms with Crippen LogP contribution in [0.5, 0.6) is 0 Å². The lowest BCUT2D eigenvalue weighted by molar-refractivity contribution is -0.143. The third-order valence-corrected chi connectivity index (χ3v) is 4.05. The lowest BCUT2D eigenvalue weighted by atomic mass is 9.97. The highest BCUT2D eigenvalue weighted by Crippen LogP contribution is 2.22. The molecule has 0 saturated carbocycles. The molecular formula is C13H24Cl2F3N3O.